The van der Waals surface area contributed by atoms with Gasteiger partial charge in [0, 0.05) is 12.4 Å². The van der Waals surface area contributed by atoms with Gasteiger partial charge in [0.05, 0.1) is 18.4 Å². The molecule has 1 aromatic carbocycles. The van der Waals surface area contributed by atoms with E-state index in [-0.39, 0.29) is 11.3 Å². The number of hydrogen-bond donors (Lipinski definition) is 1. The Labute approximate surface area is 154 Å². The van der Waals surface area contributed by atoms with Crippen LogP contribution in [0.1, 0.15) is 21.9 Å². The van der Waals surface area contributed by atoms with Crippen molar-refractivity contribution in [3.63, 3.8) is 0 Å². The van der Waals surface area contributed by atoms with Crippen LogP contribution in [-0.2, 0) is 6.54 Å². The molecular weight excluding hydrogens is 344 g/mol. The highest BCUT2D eigenvalue weighted by Crippen LogP contribution is 2.21. The quantitative estimate of drug-likeness (QED) is 0.591. The summed E-state index contributed by atoms with van der Waals surface area (Å²) in [6.07, 6.45) is 4.89. The van der Waals surface area contributed by atoms with Crippen molar-refractivity contribution in [1.29, 1.82) is 5.26 Å². The average molecular weight is 358 g/mol. The number of para-hydroxylation sites is 1. The first-order chi connectivity index (χ1) is 13.2. The zero-order valence-electron chi connectivity index (χ0n) is 14.1. The second-order valence-corrected chi connectivity index (χ2v) is 5.69. The lowest BCUT2D eigenvalue weighted by molar-refractivity contribution is 0.0994. The molecule has 132 valence electrons. The van der Waals surface area contributed by atoms with Crippen LogP contribution in [-0.4, -0.2) is 25.5 Å². The maximum atomic E-state index is 12.6. The zero-order chi connectivity index (χ0) is 18.6. The fourth-order valence-electron chi connectivity index (χ4n) is 2.62. The van der Waals surface area contributed by atoms with Gasteiger partial charge >= 0.3 is 0 Å². The summed E-state index contributed by atoms with van der Waals surface area (Å²) in [7, 11) is 0. The van der Waals surface area contributed by atoms with Gasteiger partial charge in [-0.2, -0.15) is 15.5 Å². The van der Waals surface area contributed by atoms with Crippen LogP contribution in [0.4, 0.5) is 5.82 Å². The molecule has 0 unspecified atom stereocenters. The smallest absolute Gasteiger partial charge is 0.292 e. The number of nitrogens with zero attached hydrogens (tertiary/aromatic N) is 5. The van der Waals surface area contributed by atoms with Gasteiger partial charge < -0.3 is 9.73 Å². The molecule has 3 heterocycles. The van der Waals surface area contributed by atoms with E-state index >= 15 is 0 Å². The Morgan fingerprint density at radius 1 is 1.15 bits per heavy atom. The molecule has 0 radical (unpaired) electrons. The molecular formula is C19H14N6O2. The molecule has 0 spiro atoms. The number of benzene rings is 1. The van der Waals surface area contributed by atoms with Crippen LogP contribution in [0, 0.1) is 11.3 Å². The highest BCUT2D eigenvalue weighted by atomic mass is 16.4. The van der Waals surface area contributed by atoms with Gasteiger partial charge in [0.1, 0.15) is 17.4 Å². The summed E-state index contributed by atoms with van der Waals surface area (Å²) in [6, 6.07) is 16.4. The molecule has 0 atom stereocenters. The minimum atomic E-state index is -0.462. The number of carbonyl (C=O) groups is 1. The maximum Gasteiger partial charge on any atom is 0.292 e. The Morgan fingerprint density at radius 2 is 2.00 bits per heavy atom. The first-order valence-corrected chi connectivity index (χ1v) is 8.15. The second-order valence-electron chi connectivity index (χ2n) is 5.69. The molecule has 0 aliphatic rings. The fraction of sp³-hybridized carbons (Fsp3) is 0.0526. The Morgan fingerprint density at radius 3 is 2.74 bits per heavy atom. The number of anilines is 1. The van der Waals surface area contributed by atoms with Crippen molar-refractivity contribution in [2.45, 2.75) is 6.54 Å². The monoisotopic (exact) mass is 358 g/mol. The van der Waals surface area contributed by atoms with E-state index in [1.165, 1.54) is 10.9 Å². The molecule has 0 bridgehead atoms. The number of aromatic nitrogens is 4. The van der Waals surface area contributed by atoms with Crippen molar-refractivity contribution in [3.8, 4) is 11.8 Å². The van der Waals surface area contributed by atoms with Crippen molar-refractivity contribution in [3.05, 3.63) is 84.2 Å². The van der Waals surface area contributed by atoms with E-state index in [2.05, 4.69) is 15.5 Å². The van der Waals surface area contributed by atoms with Crippen LogP contribution < -0.4 is 5.32 Å². The number of rotatable bonds is 5. The van der Waals surface area contributed by atoms with Gasteiger partial charge in [0.25, 0.3) is 5.91 Å². The summed E-state index contributed by atoms with van der Waals surface area (Å²) < 4.78 is 8.80. The number of nitriles is 1. The summed E-state index contributed by atoms with van der Waals surface area (Å²) in [5, 5.41) is 20.3. The molecule has 1 amide bonds. The van der Waals surface area contributed by atoms with Crippen LogP contribution in [0.25, 0.3) is 5.69 Å². The summed E-state index contributed by atoms with van der Waals surface area (Å²) in [6.45, 7) is 0.422. The highest BCUT2D eigenvalue weighted by Gasteiger charge is 2.18. The summed E-state index contributed by atoms with van der Waals surface area (Å²) in [5.74, 6) is 0.567. The molecule has 8 heteroatoms. The largest absolute Gasteiger partial charge is 0.454 e. The molecule has 0 saturated heterocycles. The first kappa shape index (κ1) is 16.4. The van der Waals surface area contributed by atoms with Gasteiger partial charge in [-0.25, -0.2) is 4.68 Å². The zero-order valence-corrected chi connectivity index (χ0v) is 14.1. The summed E-state index contributed by atoms with van der Waals surface area (Å²) >= 11 is 0. The third kappa shape index (κ3) is 3.34. The van der Waals surface area contributed by atoms with Gasteiger partial charge in [-0.3, -0.25) is 9.48 Å². The average Bonchev–Trinajstić information content (AvgIpc) is 3.44. The molecule has 4 aromatic rings. The Bertz CT molecular complexity index is 1100. The second kappa shape index (κ2) is 7.01. The topological polar surface area (TPSA) is 102 Å². The van der Waals surface area contributed by atoms with E-state index in [4.69, 9.17) is 4.42 Å². The normalized spacial score (nSPS) is 10.5. The lowest BCUT2D eigenvalue weighted by Crippen LogP contribution is -2.15. The predicted octanol–water partition coefficient (Wildman–Crippen LogP) is 2.83. The molecule has 4 rings (SSSR count). The van der Waals surface area contributed by atoms with E-state index in [1.807, 2.05) is 42.5 Å². The minimum Gasteiger partial charge on any atom is -0.454 e. The SMILES string of the molecule is N#Cc1cnn(-c2ccccc2)c1NC(=O)c1ccc(Cn2cccn2)o1. The molecule has 0 aliphatic carbocycles. The molecule has 0 aliphatic heterocycles. The fourth-order valence-corrected chi connectivity index (χ4v) is 2.62. The van der Waals surface area contributed by atoms with E-state index in [0.29, 0.717) is 18.1 Å². The minimum absolute atomic E-state index is 0.141. The number of furan rings is 1. The number of nitrogens with one attached hydrogen (secondary N) is 1. The Hall–Kier alpha value is -4.12. The lowest BCUT2D eigenvalue weighted by atomic mass is 10.3. The molecule has 0 saturated carbocycles. The molecule has 1 N–H and O–H groups in total. The Kier molecular flexibility index (Phi) is 4.25. The van der Waals surface area contributed by atoms with E-state index in [9.17, 15) is 10.1 Å². The van der Waals surface area contributed by atoms with Gasteiger partial charge in [-0.15, -0.1) is 0 Å². The number of amides is 1. The number of carbonyl (C=O) groups excluding carboxylic acids is 1. The first-order valence-electron chi connectivity index (χ1n) is 8.15. The molecule has 3 aromatic heterocycles. The van der Waals surface area contributed by atoms with Crippen molar-refractivity contribution >= 4 is 11.7 Å². The van der Waals surface area contributed by atoms with Gasteiger partial charge in [0.15, 0.2) is 11.6 Å². The summed E-state index contributed by atoms with van der Waals surface area (Å²) in [5.41, 5.74) is 0.989. The third-order valence-electron chi connectivity index (χ3n) is 3.88. The van der Waals surface area contributed by atoms with Crippen LogP contribution in [0.3, 0.4) is 0 Å². The van der Waals surface area contributed by atoms with Crippen LogP contribution in [0.2, 0.25) is 0 Å². The van der Waals surface area contributed by atoms with Crippen LogP contribution in [0.5, 0.6) is 0 Å². The Balaban J connectivity index is 1.58. The molecule has 27 heavy (non-hydrogen) atoms. The van der Waals surface area contributed by atoms with Crippen LogP contribution >= 0.6 is 0 Å². The van der Waals surface area contributed by atoms with E-state index < -0.39 is 5.91 Å². The third-order valence-corrected chi connectivity index (χ3v) is 3.88. The molecule has 0 fully saturated rings. The van der Waals surface area contributed by atoms with Crippen molar-refractivity contribution < 1.29 is 9.21 Å². The van der Waals surface area contributed by atoms with Gasteiger partial charge in [-0.1, -0.05) is 18.2 Å². The highest BCUT2D eigenvalue weighted by molar-refractivity contribution is 6.02. The molecule has 8 nitrogen and oxygen atoms in total. The van der Waals surface area contributed by atoms with Crippen molar-refractivity contribution in [2.24, 2.45) is 0 Å². The van der Waals surface area contributed by atoms with E-state index in [0.717, 1.165) is 5.69 Å². The predicted molar refractivity (Wildman–Crippen MR) is 96.3 cm³/mol. The van der Waals surface area contributed by atoms with Gasteiger partial charge in [-0.05, 0) is 30.3 Å². The van der Waals surface area contributed by atoms with Gasteiger partial charge in [0.2, 0.25) is 0 Å². The maximum absolute atomic E-state index is 12.6. The van der Waals surface area contributed by atoms with Crippen molar-refractivity contribution in [1.82, 2.24) is 19.6 Å². The summed E-state index contributed by atoms with van der Waals surface area (Å²) in [4.78, 5) is 12.6. The lowest BCUT2D eigenvalue weighted by Gasteiger charge is -2.08. The number of hydrogen-bond acceptors (Lipinski definition) is 5. The van der Waals surface area contributed by atoms with E-state index in [1.54, 1.807) is 29.2 Å². The van der Waals surface area contributed by atoms with Crippen LogP contribution in [0.15, 0.2) is 71.5 Å². The standard InChI is InChI=1S/C19H14N6O2/c20-11-14-12-22-25(15-5-2-1-3-6-15)18(14)23-19(26)17-8-7-16(27-17)13-24-10-4-9-21-24/h1-10,12H,13H2,(H,23,26). The van der Waals surface area contributed by atoms with Crippen molar-refractivity contribution in [2.75, 3.05) is 5.32 Å².